The molecule has 3 fully saturated rings. The minimum Gasteiger partial charge on any atom is -0.481 e. The van der Waals surface area contributed by atoms with Crippen molar-refractivity contribution in [3.63, 3.8) is 0 Å². The lowest BCUT2D eigenvalue weighted by Crippen LogP contribution is -2.52. The highest BCUT2D eigenvalue weighted by atomic mass is 19.4. The Morgan fingerprint density at radius 2 is 1.89 bits per heavy atom. The molecule has 200 valence electrons. The molecule has 2 unspecified atom stereocenters. The van der Waals surface area contributed by atoms with E-state index >= 15 is 0 Å². The van der Waals surface area contributed by atoms with Gasteiger partial charge in [0.1, 0.15) is 0 Å². The fraction of sp³-hybridized carbons (Fsp3) is 0.583. The van der Waals surface area contributed by atoms with Crippen molar-refractivity contribution in [2.45, 2.75) is 68.9 Å². The van der Waals surface area contributed by atoms with Crippen molar-refractivity contribution in [2.75, 3.05) is 13.7 Å². The molecule has 0 radical (unpaired) electrons. The number of nitrogens with zero attached hydrogens (tertiary/aromatic N) is 3. The normalized spacial score (nSPS) is 27.7. The average Bonchev–Trinajstić information content (AvgIpc) is 3.46. The molecule has 5 heterocycles. The van der Waals surface area contributed by atoms with Gasteiger partial charge >= 0.3 is 6.18 Å². The number of amides is 2. The van der Waals surface area contributed by atoms with Gasteiger partial charge in [-0.1, -0.05) is 0 Å². The van der Waals surface area contributed by atoms with Gasteiger partial charge in [-0.25, -0.2) is 9.37 Å². The van der Waals surface area contributed by atoms with Crippen molar-refractivity contribution >= 4 is 11.8 Å². The largest absolute Gasteiger partial charge is 0.481 e. The van der Waals surface area contributed by atoms with Gasteiger partial charge in [0.05, 0.1) is 31.6 Å². The number of pyridine rings is 1. The van der Waals surface area contributed by atoms with E-state index in [4.69, 9.17) is 9.47 Å². The van der Waals surface area contributed by atoms with Crippen LogP contribution in [0.5, 0.6) is 5.88 Å². The first-order valence-electron chi connectivity index (χ1n) is 12.2. The SMILES string of the molecule is COc1cc(-c2cc(C(=O)N3C4CCC3CC(C(=O)N[C@@H]3CC[C@@H](C(F)(F)F)OC3)C4)n[nH]2)c(F)cn1. The summed E-state index contributed by atoms with van der Waals surface area (Å²) in [6.45, 7) is -0.175. The lowest BCUT2D eigenvalue weighted by atomic mass is 9.89. The Labute approximate surface area is 209 Å². The van der Waals surface area contributed by atoms with Gasteiger partial charge in [0.2, 0.25) is 11.8 Å². The summed E-state index contributed by atoms with van der Waals surface area (Å²) in [4.78, 5) is 31.8. The topological polar surface area (TPSA) is 109 Å². The van der Waals surface area contributed by atoms with Crippen LogP contribution in [0.1, 0.15) is 49.0 Å². The van der Waals surface area contributed by atoms with Gasteiger partial charge in [-0.3, -0.25) is 14.7 Å². The molecular formula is C24H27F4N5O4. The molecule has 0 aromatic carbocycles. The van der Waals surface area contributed by atoms with E-state index in [1.165, 1.54) is 19.2 Å². The van der Waals surface area contributed by atoms with Crippen molar-refractivity contribution in [3.8, 4) is 17.1 Å². The summed E-state index contributed by atoms with van der Waals surface area (Å²) in [5, 5.41) is 9.64. The number of ether oxygens (including phenoxy) is 2. The molecule has 9 nitrogen and oxygen atoms in total. The third kappa shape index (κ3) is 5.13. The number of carbonyl (C=O) groups is 2. The van der Waals surface area contributed by atoms with E-state index in [1.54, 1.807) is 4.90 Å². The number of hydrogen-bond donors (Lipinski definition) is 2. The van der Waals surface area contributed by atoms with Gasteiger partial charge in [-0.2, -0.15) is 18.3 Å². The number of fused-ring (bicyclic) bond motifs is 2. The third-order valence-corrected chi connectivity index (χ3v) is 7.45. The second-order valence-electron chi connectivity index (χ2n) is 9.79. The molecule has 3 saturated heterocycles. The molecule has 2 N–H and O–H groups in total. The number of aromatic nitrogens is 3. The first-order chi connectivity index (χ1) is 17.6. The fourth-order valence-corrected chi connectivity index (χ4v) is 5.60. The molecule has 2 aromatic heterocycles. The van der Waals surface area contributed by atoms with Crippen LogP contribution >= 0.6 is 0 Å². The lowest BCUT2D eigenvalue weighted by Gasteiger charge is -2.39. The average molecular weight is 526 g/mol. The highest BCUT2D eigenvalue weighted by Gasteiger charge is 2.47. The molecule has 3 aliphatic heterocycles. The Hall–Kier alpha value is -3.22. The Balaban J connectivity index is 1.20. The number of carbonyl (C=O) groups excluding carboxylic acids is 2. The van der Waals surface area contributed by atoms with E-state index in [0.717, 1.165) is 19.0 Å². The van der Waals surface area contributed by atoms with Gasteiger partial charge in [0.25, 0.3) is 5.91 Å². The number of hydrogen-bond acceptors (Lipinski definition) is 6. The predicted molar refractivity (Wildman–Crippen MR) is 121 cm³/mol. The van der Waals surface area contributed by atoms with Gasteiger partial charge in [-0.05, 0) is 44.6 Å². The number of aromatic amines is 1. The maximum Gasteiger partial charge on any atom is 0.414 e. The zero-order valence-electron chi connectivity index (χ0n) is 20.1. The van der Waals surface area contributed by atoms with Crippen LogP contribution in [0.25, 0.3) is 11.3 Å². The lowest BCUT2D eigenvalue weighted by molar-refractivity contribution is -0.232. The third-order valence-electron chi connectivity index (χ3n) is 7.45. The molecule has 2 bridgehead atoms. The Kier molecular flexibility index (Phi) is 6.82. The van der Waals surface area contributed by atoms with Gasteiger partial charge < -0.3 is 19.7 Å². The quantitative estimate of drug-likeness (QED) is 0.581. The number of piperidine rings is 1. The summed E-state index contributed by atoms with van der Waals surface area (Å²) in [7, 11) is 1.41. The smallest absolute Gasteiger partial charge is 0.414 e. The van der Waals surface area contributed by atoms with Gasteiger partial charge in [0.15, 0.2) is 17.6 Å². The highest BCUT2D eigenvalue weighted by Crippen LogP contribution is 2.40. The highest BCUT2D eigenvalue weighted by molar-refractivity contribution is 5.94. The summed E-state index contributed by atoms with van der Waals surface area (Å²) >= 11 is 0. The second-order valence-corrected chi connectivity index (χ2v) is 9.79. The fourth-order valence-electron chi connectivity index (χ4n) is 5.60. The van der Waals surface area contributed by atoms with Crippen molar-refractivity contribution in [1.82, 2.24) is 25.4 Å². The molecule has 0 aliphatic carbocycles. The molecule has 0 spiro atoms. The molecular weight excluding hydrogens is 498 g/mol. The van der Waals surface area contributed by atoms with Gasteiger partial charge in [-0.15, -0.1) is 0 Å². The van der Waals surface area contributed by atoms with Crippen LogP contribution in [0.4, 0.5) is 17.6 Å². The van der Waals surface area contributed by atoms with E-state index in [1.807, 2.05) is 0 Å². The van der Waals surface area contributed by atoms with Crippen LogP contribution in [0.2, 0.25) is 0 Å². The molecule has 4 atom stereocenters. The summed E-state index contributed by atoms with van der Waals surface area (Å²) in [6, 6.07) is 2.12. The number of halogens is 4. The molecule has 0 saturated carbocycles. The Morgan fingerprint density at radius 3 is 2.51 bits per heavy atom. The minimum absolute atomic E-state index is 0.142. The van der Waals surface area contributed by atoms with Crippen molar-refractivity contribution < 1.29 is 36.6 Å². The molecule has 2 aromatic rings. The Morgan fingerprint density at radius 1 is 1.16 bits per heavy atom. The van der Waals surface area contributed by atoms with Crippen LogP contribution < -0.4 is 10.1 Å². The van der Waals surface area contributed by atoms with E-state index in [2.05, 4.69) is 20.5 Å². The second kappa shape index (κ2) is 9.92. The van der Waals surface area contributed by atoms with Crippen LogP contribution in [0.15, 0.2) is 18.3 Å². The maximum absolute atomic E-state index is 14.3. The van der Waals surface area contributed by atoms with Crippen LogP contribution in [0, 0.1) is 11.7 Å². The van der Waals surface area contributed by atoms with E-state index < -0.39 is 24.1 Å². The zero-order valence-corrected chi connectivity index (χ0v) is 20.1. The van der Waals surface area contributed by atoms with Crippen molar-refractivity contribution in [2.24, 2.45) is 5.92 Å². The standard InChI is InChI=1S/C24H27F4N5O4/c1-36-21-8-16(17(25)10-29-21)18-9-19(32-31-18)23(35)33-14-3-4-15(33)7-12(6-14)22(34)30-13-2-5-20(37-11-13)24(26,27)28/h8-10,12-15,20H,2-7,11H2,1H3,(H,30,34)(H,31,32)/t12?,13-,14?,15?,20+/m1/s1. The summed E-state index contributed by atoms with van der Waals surface area (Å²) in [6.07, 6.45) is -2.74. The van der Waals surface area contributed by atoms with Gasteiger partial charge in [0, 0.05) is 29.6 Å². The van der Waals surface area contributed by atoms with Crippen LogP contribution in [-0.4, -0.2) is 76.0 Å². The molecule has 5 rings (SSSR count). The predicted octanol–water partition coefficient (Wildman–Crippen LogP) is 3.23. The van der Waals surface area contributed by atoms with E-state index in [-0.39, 0.29) is 66.4 Å². The number of nitrogens with one attached hydrogen (secondary N) is 2. The van der Waals surface area contributed by atoms with Crippen molar-refractivity contribution in [3.05, 3.63) is 29.8 Å². The summed E-state index contributed by atoms with van der Waals surface area (Å²) < 4.78 is 62.6. The first-order valence-corrected chi connectivity index (χ1v) is 12.2. The molecule has 37 heavy (non-hydrogen) atoms. The number of rotatable bonds is 5. The summed E-state index contributed by atoms with van der Waals surface area (Å²) in [5.74, 6) is -1.22. The molecule has 13 heteroatoms. The number of methoxy groups -OCH3 is 1. The minimum atomic E-state index is -4.40. The first kappa shape index (κ1) is 25.4. The van der Waals surface area contributed by atoms with E-state index in [0.29, 0.717) is 18.5 Å². The Bertz CT molecular complexity index is 1150. The number of alkyl halides is 3. The monoisotopic (exact) mass is 525 g/mol. The zero-order chi connectivity index (χ0) is 26.3. The van der Waals surface area contributed by atoms with Crippen molar-refractivity contribution in [1.29, 1.82) is 0 Å². The maximum atomic E-state index is 14.3. The molecule has 3 aliphatic rings. The van der Waals surface area contributed by atoms with E-state index in [9.17, 15) is 27.2 Å². The number of H-pyrrole nitrogens is 1. The molecule has 2 amide bonds. The van der Waals surface area contributed by atoms with Crippen LogP contribution in [-0.2, 0) is 9.53 Å². The summed E-state index contributed by atoms with van der Waals surface area (Å²) in [5.41, 5.74) is 0.624. The van der Waals surface area contributed by atoms with Crippen LogP contribution in [0.3, 0.4) is 0 Å².